The minimum atomic E-state index is 0.401. The molecule has 3 rings (SSSR count). The van der Waals surface area contributed by atoms with Crippen LogP contribution in [-0.4, -0.2) is 35.7 Å². The van der Waals surface area contributed by atoms with E-state index in [1.54, 1.807) is 0 Å². The first-order valence-corrected chi connectivity index (χ1v) is 8.06. The molecule has 0 spiro atoms. The van der Waals surface area contributed by atoms with Crippen molar-refractivity contribution in [1.29, 1.82) is 0 Å². The molecule has 1 heterocycles. The first kappa shape index (κ1) is 13.9. The highest BCUT2D eigenvalue weighted by Gasteiger charge is 2.25. The zero-order valence-electron chi connectivity index (χ0n) is 12.4. The molecular formula is C17H26N2O. The summed E-state index contributed by atoms with van der Waals surface area (Å²) in [7, 11) is 0. The minimum absolute atomic E-state index is 0.401. The number of fused-ring (bicyclic) bond motifs is 1. The van der Waals surface area contributed by atoms with Crippen LogP contribution in [0, 0.1) is 0 Å². The van der Waals surface area contributed by atoms with Crippen LogP contribution in [0.1, 0.15) is 49.8 Å². The van der Waals surface area contributed by atoms with Crippen LogP contribution in [0.3, 0.4) is 0 Å². The second-order valence-electron chi connectivity index (χ2n) is 6.20. The third-order valence-electron chi connectivity index (χ3n) is 4.92. The van der Waals surface area contributed by atoms with Crippen LogP contribution in [0.25, 0.3) is 0 Å². The zero-order chi connectivity index (χ0) is 13.9. The molecule has 1 aliphatic carbocycles. The fraction of sp³-hybridized carbons (Fsp3) is 0.647. The minimum Gasteiger partial charge on any atom is -0.508 e. The van der Waals surface area contributed by atoms with Gasteiger partial charge in [-0.2, -0.15) is 0 Å². The number of aryl methyl sites for hydroxylation is 1. The van der Waals surface area contributed by atoms with Crippen molar-refractivity contribution in [2.75, 3.05) is 19.6 Å². The van der Waals surface area contributed by atoms with Crippen LogP contribution in [0.4, 0.5) is 0 Å². The smallest absolute Gasteiger partial charge is 0.115 e. The molecule has 1 aliphatic heterocycles. The van der Waals surface area contributed by atoms with Crippen LogP contribution in [0.2, 0.25) is 0 Å². The predicted molar refractivity (Wildman–Crippen MR) is 82.1 cm³/mol. The van der Waals surface area contributed by atoms with E-state index in [1.807, 2.05) is 12.1 Å². The molecule has 3 nitrogen and oxygen atoms in total. The number of rotatable bonds is 3. The Morgan fingerprint density at radius 1 is 1.25 bits per heavy atom. The van der Waals surface area contributed by atoms with E-state index in [0.717, 1.165) is 6.42 Å². The lowest BCUT2D eigenvalue weighted by Crippen LogP contribution is -2.44. The fourth-order valence-corrected chi connectivity index (χ4v) is 3.66. The first-order chi connectivity index (χ1) is 9.76. The number of phenols is 1. The normalized spacial score (nSPS) is 24.6. The van der Waals surface area contributed by atoms with Gasteiger partial charge in [0.1, 0.15) is 5.75 Å². The molecule has 2 aliphatic rings. The fourth-order valence-electron chi connectivity index (χ4n) is 3.66. The molecule has 1 aromatic rings. The molecule has 20 heavy (non-hydrogen) atoms. The summed E-state index contributed by atoms with van der Waals surface area (Å²) in [6.45, 7) is 5.85. The Balaban J connectivity index is 1.66. The van der Waals surface area contributed by atoms with E-state index in [9.17, 15) is 5.11 Å². The van der Waals surface area contributed by atoms with E-state index in [0.29, 0.717) is 17.8 Å². The van der Waals surface area contributed by atoms with Gasteiger partial charge in [0.25, 0.3) is 0 Å². The molecule has 110 valence electrons. The molecule has 0 bridgehead atoms. The van der Waals surface area contributed by atoms with Gasteiger partial charge in [-0.15, -0.1) is 0 Å². The summed E-state index contributed by atoms with van der Waals surface area (Å²) in [5.74, 6) is 0.401. The summed E-state index contributed by atoms with van der Waals surface area (Å²) in [5, 5.41) is 13.6. The van der Waals surface area contributed by atoms with Crippen molar-refractivity contribution in [3.8, 4) is 5.75 Å². The Kier molecular flexibility index (Phi) is 4.27. The van der Waals surface area contributed by atoms with Gasteiger partial charge >= 0.3 is 0 Å². The second-order valence-corrected chi connectivity index (χ2v) is 6.20. The highest BCUT2D eigenvalue weighted by Crippen LogP contribution is 2.33. The van der Waals surface area contributed by atoms with Crippen LogP contribution >= 0.6 is 0 Å². The molecule has 1 fully saturated rings. The summed E-state index contributed by atoms with van der Waals surface area (Å²) < 4.78 is 0. The van der Waals surface area contributed by atoms with Crippen molar-refractivity contribution in [1.82, 2.24) is 10.2 Å². The number of nitrogens with one attached hydrogen (secondary N) is 1. The molecule has 1 saturated heterocycles. The Labute approximate surface area is 122 Å². The molecule has 1 unspecified atom stereocenters. The van der Waals surface area contributed by atoms with E-state index >= 15 is 0 Å². The standard InChI is InChI=1S/C17H26N2O/c1-2-19-10-8-14(9-11-19)18-17-5-3-4-13-6-7-15(20)12-16(13)17/h6-7,12,14,17-18,20H,2-5,8-11H2,1H3. The van der Waals surface area contributed by atoms with Crippen molar-refractivity contribution in [3.63, 3.8) is 0 Å². The topological polar surface area (TPSA) is 35.5 Å². The summed E-state index contributed by atoms with van der Waals surface area (Å²) in [6.07, 6.45) is 6.10. The highest BCUT2D eigenvalue weighted by atomic mass is 16.3. The maximum atomic E-state index is 9.74. The Bertz CT molecular complexity index is 452. The molecule has 0 aromatic heterocycles. The number of piperidine rings is 1. The zero-order valence-corrected chi connectivity index (χ0v) is 12.4. The second kappa shape index (κ2) is 6.15. The average molecular weight is 274 g/mol. The maximum Gasteiger partial charge on any atom is 0.115 e. The van der Waals surface area contributed by atoms with E-state index in [-0.39, 0.29) is 0 Å². The highest BCUT2D eigenvalue weighted by molar-refractivity contribution is 5.38. The van der Waals surface area contributed by atoms with Gasteiger partial charge in [0, 0.05) is 12.1 Å². The van der Waals surface area contributed by atoms with Gasteiger partial charge < -0.3 is 15.3 Å². The van der Waals surface area contributed by atoms with Crippen molar-refractivity contribution in [3.05, 3.63) is 29.3 Å². The molecule has 1 atom stereocenters. The van der Waals surface area contributed by atoms with E-state index in [4.69, 9.17) is 0 Å². The molecule has 0 radical (unpaired) electrons. The number of hydrogen-bond acceptors (Lipinski definition) is 3. The van der Waals surface area contributed by atoms with Gasteiger partial charge in [-0.05, 0) is 75.0 Å². The Hall–Kier alpha value is -1.06. The molecule has 1 aromatic carbocycles. The molecular weight excluding hydrogens is 248 g/mol. The van der Waals surface area contributed by atoms with Crippen molar-refractivity contribution in [2.24, 2.45) is 0 Å². The third-order valence-corrected chi connectivity index (χ3v) is 4.92. The monoisotopic (exact) mass is 274 g/mol. The molecule has 0 saturated carbocycles. The van der Waals surface area contributed by atoms with Crippen LogP contribution in [0.15, 0.2) is 18.2 Å². The lowest BCUT2D eigenvalue weighted by Gasteiger charge is -2.36. The Morgan fingerprint density at radius 3 is 2.80 bits per heavy atom. The number of nitrogens with zero attached hydrogens (tertiary/aromatic N) is 1. The van der Waals surface area contributed by atoms with E-state index < -0.39 is 0 Å². The number of aromatic hydroxyl groups is 1. The van der Waals surface area contributed by atoms with Crippen LogP contribution < -0.4 is 5.32 Å². The Morgan fingerprint density at radius 2 is 2.05 bits per heavy atom. The van der Waals surface area contributed by atoms with Crippen molar-refractivity contribution < 1.29 is 5.11 Å². The van der Waals surface area contributed by atoms with Crippen molar-refractivity contribution in [2.45, 2.75) is 51.1 Å². The van der Waals surface area contributed by atoms with Crippen molar-refractivity contribution >= 4 is 0 Å². The lowest BCUT2D eigenvalue weighted by atomic mass is 9.86. The molecule has 2 N–H and O–H groups in total. The third kappa shape index (κ3) is 2.99. The summed E-state index contributed by atoms with van der Waals surface area (Å²) >= 11 is 0. The van der Waals surface area contributed by atoms with Gasteiger partial charge in [-0.25, -0.2) is 0 Å². The maximum absolute atomic E-state index is 9.74. The quantitative estimate of drug-likeness (QED) is 0.889. The summed E-state index contributed by atoms with van der Waals surface area (Å²) in [5.41, 5.74) is 2.74. The van der Waals surface area contributed by atoms with Gasteiger partial charge in [0.2, 0.25) is 0 Å². The molecule has 0 amide bonds. The van der Waals surface area contributed by atoms with Crippen LogP contribution in [-0.2, 0) is 6.42 Å². The van der Waals surface area contributed by atoms with Crippen LogP contribution in [0.5, 0.6) is 5.75 Å². The number of likely N-dealkylation sites (tertiary alicyclic amines) is 1. The number of benzene rings is 1. The van der Waals surface area contributed by atoms with Gasteiger partial charge in [-0.1, -0.05) is 13.0 Å². The van der Waals surface area contributed by atoms with E-state index in [1.165, 1.54) is 56.4 Å². The number of hydrogen-bond donors (Lipinski definition) is 2. The summed E-state index contributed by atoms with van der Waals surface area (Å²) in [4.78, 5) is 2.53. The van der Waals surface area contributed by atoms with Gasteiger partial charge in [0.15, 0.2) is 0 Å². The predicted octanol–water partition coefficient (Wildman–Crippen LogP) is 2.84. The van der Waals surface area contributed by atoms with Gasteiger partial charge in [0.05, 0.1) is 0 Å². The number of phenolic OH excluding ortho intramolecular Hbond substituents is 1. The van der Waals surface area contributed by atoms with E-state index in [2.05, 4.69) is 23.2 Å². The lowest BCUT2D eigenvalue weighted by molar-refractivity contribution is 0.196. The SMILES string of the molecule is CCN1CCC(NC2CCCc3ccc(O)cc32)CC1. The van der Waals surface area contributed by atoms with Gasteiger partial charge in [-0.3, -0.25) is 0 Å². The summed E-state index contributed by atoms with van der Waals surface area (Å²) in [6, 6.07) is 6.95. The molecule has 3 heteroatoms. The average Bonchev–Trinajstić information content (AvgIpc) is 2.49. The first-order valence-electron chi connectivity index (χ1n) is 8.06. The largest absolute Gasteiger partial charge is 0.508 e.